The topological polar surface area (TPSA) is 127 Å². The molecule has 0 aliphatic carbocycles. The lowest BCUT2D eigenvalue weighted by Crippen LogP contribution is -2.14. The first kappa shape index (κ1) is 16.8. The van der Waals surface area contributed by atoms with Crippen molar-refractivity contribution < 1.29 is 9.72 Å². The van der Waals surface area contributed by atoms with Crippen LogP contribution in [0.3, 0.4) is 0 Å². The van der Waals surface area contributed by atoms with Crippen LogP contribution in [0.15, 0.2) is 48.5 Å². The Morgan fingerprint density at radius 1 is 1.27 bits per heavy atom. The maximum atomic E-state index is 12.4. The lowest BCUT2D eigenvalue weighted by atomic mass is 10.2. The average molecular weight is 348 g/mol. The summed E-state index contributed by atoms with van der Waals surface area (Å²) in [6.07, 6.45) is 0. The zero-order valence-corrected chi connectivity index (χ0v) is 13.6. The quantitative estimate of drug-likeness (QED) is 0.570. The number of carbonyl (C=O) groups is 1. The number of non-ortho nitro benzene ring substituents is 1. The molecule has 0 aliphatic rings. The Kier molecular flexibility index (Phi) is 4.40. The summed E-state index contributed by atoms with van der Waals surface area (Å²) >= 11 is 0. The van der Waals surface area contributed by atoms with Crippen LogP contribution in [0.4, 0.5) is 11.4 Å². The number of aromatic nitrogens is 3. The lowest BCUT2D eigenvalue weighted by molar-refractivity contribution is -0.384. The van der Waals surface area contributed by atoms with Gasteiger partial charge in [0.05, 0.1) is 27.9 Å². The van der Waals surface area contributed by atoms with Crippen LogP contribution >= 0.6 is 0 Å². The molecule has 3 rings (SSSR count). The van der Waals surface area contributed by atoms with E-state index in [-0.39, 0.29) is 11.4 Å². The fraction of sp³-hybridized carbons (Fsp3) is 0.0588. The van der Waals surface area contributed by atoms with E-state index in [1.807, 2.05) is 6.07 Å². The first-order valence-corrected chi connectivity index (χ1v) is 7.48. The normalized spacial score (nSPS) is 10.2. The highest BCUT2D eigenvalue weighted by Gasteiger charge is 2.18. The summed E-state index contributed by atoms with van der Waals surface area (Å²) in [6.45, 7) is 1.64. The van der Waals surface area contributed by atoms with Gasteiger partial charge in [-0.15, -0.1) is 5.10 Å². The van der Waals surface area contributed by atoms with E-state index in [2.05, 4.69) is 15.6 Å². The molecule has 9 nitrogen and oxygen atoms in total. The average Bonchev–Trinajstić information content (AvgIpc) is 3.03. The zero-order valence-electron chi connectivity index (χ0n) is 13.6. The van der Waals surface area contributed by atoms with Gasteiger partial charge in [0.1, 0.15) is 0 Å². The van der Waals surface area contributed by atoms with Crippen LogP contribution < -0.4 is 5.32 Å². The molecule has 26 heavy (non-hydrogen) atoms. The van der Waals surface area contributed by atoms with Gasteiger partial charge < -0.3 is 5.32 Å². The molecule has 1 heterocycles. The van der Waals surface area contributed by atoms with Gasteiger partial charge in [0.2, 0.25) is 0 Å². The van der Waals surface area contributed by atoms with Gasteiger partial charge >= 0.3 is 0 Å². The molecule has 0 aliphatic heterocycles. The molecule has 128 valence electrons. The van der Waals surface area contributed by atoms with E-state index in [0.717, 1.165) is 0 Å². The van der Waals surface area contributed by atoms with Gasteiger partial charge in [-0.1, -0.05) is 17.3 Å². The van der Waals surface area contributed by atoms with Crippen LogP contribution in [0.25, 0.3) is 5.69 Å². The van der Waals surface area contributed by atoms with E-state index in [0.29, 0.717) is 22.6 Å². The van der Waals surface area contributed by atoms with Crippen LogP contribution in [0.2, 0.25) is 0 Å². The number of hydrogen-bond donors (Lipinski definition) is 1. The molecule has 1 amide bonds. The molecule has 0 unspecified atom stereocenters. The predicted molar refractivity (Wildman–Crippen MR) is 91.9 cm³/mol. The van der Waals surface area contributed by atoms with Crippen LogP contribution in [0.5, 0.6) is 0 Å². The third-order valence-corrected chi connectivity index (χ3v) is 3.64. The molecule has 1 aromatic heterocycles. The number of carbonyl (C=O) groups excluding carboxylic acids is 1. The Balaban J connectivity index is 1.89. The molecule has 1 N–H and O–H groups in total. The monoisotopic (exact) mass is 348 g/mol. The lowest BCUT2D eigenvalue weighted by Gasteiger charge is -2.05. The number of hydrogen-bond acceptors (Lipinski definition) is 6. The van der Waals surface area contributed by atoms with Crippen molar-refractivity contribution in [3.8, 4) is 11.8 Å². The van der Waals surface area contributed by atoms with Crippen LogP contribution in [0.1, 0.15) is 21.7 Å². The minimum atomic E-state index is -0.508. The van der Waals surface area contributed by atoms with E-state index >= 15 is 0 Å². The van der Waals surface area contributed by atoms with Gasteiger partial charge in [-0.25, -0.2) is 4.68 Å². The van der Waals surface area contributed by atoms with E-state index < -0.39 is 10.8 Å². The molecule has 0 saturated carbocycles. The minimum absolute atomic E-state index is 0.0823. The molecule has 0 radical (unpaired) electrons. The summed E-state index contributed by atoms with van der Waals surface area (Å²) < 4.78 is 1.35. The highest BCUT2D eigenvalue weighted by Crippen LogP contribution is 2.19. The molecule has 2 aromatic carbocycles. The van der Waals surface area contributed by atoms with E-state index in [9.17, 15) is 14.9 Å². The number of nitriles is 1. The van der Waals surface area contributed by atoms with Crippen LogP contribution in [0, 0.1) is 28.4 Å². The van der Waals surface area contributed by atoms with Crippen molar-refractivity contribution in [2.45, 2.75) is 6.92 Å². The Bertz CT molecular complexity index is 1050. The summed E-state index contributed by atoms with van der Waals surface area (Å²) in [5.41, 5.74) is 1.72. The Hall–Kier alpha value is -4.06. The van der Waals surface area contributed by atoms with Gasteiger partial charge in [0, 0.05) is 17.8 Å². The van der Waals surface area contributed by atoms with E-state index in [4.69, 9.17) is 5.26 Å². The SMILES string of the molecule is Cc1c(C(=O)Nc2cccc(C#N)c2)nnn1-c1cccc([N+](=O)[O-])c1. The van der Waals surface area contributed by atoms with Crippen molar-refractivity contribution in [2.75, 3.05) is 5.32 Å². The number of nitrogens with zero attached hydrogens (tertiary/aromatic N) is 5. The number of benzene rings is 2. The third kappa shape index (κ3) is 3.25. The zero-order chi connectivity index (χ0) is 18.7. The maximum absolute atomic E-state index is 12.4. The molecule has 0 spiro atoms. The fourth-order valence-electron chi connectivity index (χ4n) is 2.38. The van der Waals surface area contributed by atoms with Crippen LogP contribution in [-0.4, -0.2) is 25.8 Å². The van der Waals surface area contributed by atoms with Gasteiger partial charge in [-0.2, -0.15) is 5.26 Å². The number of nitro benzene ring substituents is 1. The highest BCUT2D eigenvalue weighted by molar-refractivity contribution is 6.03. The third-order valence-electron chi connectivity index (χ3n) is 3.64. The number of amides is 1. The number of nitro groups is 1. The summed E-state index contributed by atoms with van der Waals surface area (Å²) in [5.74, 6) is -0.491. The first-order chi connectivity index (χ1) is 12.5. The van der Waals surface area contributed by atoms with Crippen molar-refractivity contribution in [2.24, 2.45) is 0 Å². The minimum Gasteiger partial charge on any atom is -0.320 e. The van der Waals surface area contributed by atoms with Crippen molar-refractivity contribution in [3.63, 3.8) is 0 Å². The summed E-state index contributed by atoms with van der Waals surface area (Å²) in [4.78, 5) is 22.8. The van der Waals surface area contributed by atoms with E-state index in [1.54, 1.807) is 31.2 Å². The smallest absolute Gasteiger partial charge is 0.278 e. The van der Waals surface area contributed by atoms with E-state index in [1.165, 1.54) is 28.9 Å². The van der Waals surface area contributed by atoms with Crippen molar-refractivity contribution in [1.82, 2.24) is 15.0 Å². The highest BCUT2D eigenvalue weighted by atomic mass is 16.6. The number of anilines is 1. The Labute approximate surface area is 147 Å². The Morgan fingerprint density at radius 2 is 2.04 bits per heavy atom. The van der Waals surface area contributed by atoms with Gasteiger partial charge in [-0.3, -0.25) is 14.9 Å². The second-order valence-corrected chi connectivity index (χ2v) is 5.36. The molecule has 0 fully saturated rings. The molecular formula is C17H12N6O3. The second-order valence-electron chi connectivity index (χ2n) is 5.36. The maximum Gasteiger partial charge on any atom is 0.278 e. The molecule has 0 bridgehead atoms. The largest absolute Gasteiger partial charge is 0.320 e. The number of nitrogens with one attached hydrogen (secondary N) is 1. The second kappa shape index (κ2) is 6.82. The Morgan fingerprint density at radius 3 is 2.77 bits per heavy atom. The summed E-state index contributed by atoms with van der Waals surface area (Å²) in [6, 6.07) is 14.3. The van der Waals surface area contributed by atoms with Gasteiger partial charge in [-0.05, 0) is 31.2 Å². The summed E-state index contributed by atoms with van der Waals surface area (Å²) in [7, 11) is 0. The van der Waals surface area contributed by atoms with Gasteiger partial charge in [0.25, 0.3) is 11.6 Å². The fourth-order valence-corrected chi connectivity index (χ4v) is 2.38. The summed E-state index contributed by atoms with van der Waals surface area (Å²) in [5, 5.41) is 30.3. The predicted octanol–water partition coefficient (Wildman–Crippen LogP) is 2.61. The van der Waals surface area contributed by atoms with Crippen molar-refractivity contribution >= 4 is 17.3 Å². The number of rotatable bonds is 4. The molecule has 9 heteroatoms. The van der Waals surface area contributed by atoms with Crippen molar-refractivity contribution in [1.29, 1.82) is 5.26 Å². The molecule has 3 aromatic rings. The van der Waals surface area contributed by atoms with Crippen LogP contribution in [-0.2, 0) is 0 Å². The molecular weight excluding hydrogens is 336 g/mol. The molecule has 0 atom stereocenters. The first-order valence-electron chi connectivity index (χ1n) is 7.48. The molecule has 0 saturated heterocycles. The standard InChI is InChI=1S/C17H12N6O3/c1-11-16(17(24)19-13-5-2-4-12(8-13)10-18)20-21-22(11)14-6-3-7-15(9-14)23(25)26/h2-9H,1H3,(H,19,24). The van der Waals surface area contributed by atoms with Gasteiger partial charge in [0.15, 0.2) is 5.69 Å². The van der Waals surface area contributed by atoms with Crippen molar-refractivity contribution in [3.05, 3.63) is 75.6 Å².